The average Bonchev–Trinajstić information content (AvgIpc) is 2.77. The summed E-state index contributed by atoms with van der Waals surface area (Å²) in [5.74, 6) is 0.281. The number of nitrogens with zero attached hydrogens (tertiary/aromatic N) is 1. The van der Waals surface area contributed by atoms with E-state index in [0.717, 1.165) is 18.7 Å². The van der Waals surface area contributed by atoms with Crippen LogP contribution in [0, 0.1) is 13.8 Å². The van der Waals surface area contributed by atoms with Crippen LogP contribution in [0.2, 0.25) is 0 Å². The third-order valence-electron chi connectivity index (χ3n) is 3.02. The molecule has 1 heterocycles. The van der Waals surface area contributed by atoms with Crippen LogP contribution in [0.4, 0.5) is 5.69 Å². The van der Waals surface area contributed by atoms with Gasteiger partial charge in [0.1, 0.15) is 5.69 Å². The highest BCUT2D eigenvalue weighted by Crippen LogP contribution is 2.22. The Morgan fingerprint density at radius 1 is 1.19 bits per heavy atom. The topological polar surface area (TPSA) is 84.2 Å². The van der Waals surface area contributed by atoms with E-state index < -0.39 is 10.0 Å². The van der Waals surface area contributed by atoms with Gasteiger partial charge in [-0.3, -0.25) is 4.72 Å². The molecule has 0 aliphatic heterocycles. The van der Waals surface area contributed by atoms with Crippen molar-refractivity contribution in [2.45, 2.75) is 32.2 Å². The summed E-state index contributed by atoms with van der Waals surface area (Å²) < 4.78 is 32.1. The zero-order valence-corrected chi connectivity index (χ0v) is 13.1. The summed E-state index contributed by atoms with van der Waals surface area (Å²) in [7, 11) is -3.68. The first-order valence-corrected chi connectivity index (χ1v) is 8.17. The zero-order valence-electron chi connectivity index (χ0n) is 12.3. The number of anilines is 1. The van der Waals surface area contributed by atoms with Gasteiger partial charge in [0.2, 0.25) is 0 Å². The van der Waals surface area contributed by atoms with Crippen molar-refractivity contribution in [1.82, 2.24) is 10.5 Å². The SMILES string of the molecule is CCNCc1ccc(NS(=O)(=O)c2c(C)noc2C)cc1. The number of rotatable bonds is 6. The van der Waals surface area contributed by atoms with Gasteiger partial charge in [-0.1, -0.05) is 24.2 Å². The molecule has 0 amide bonds. The zero-order chi connectivity index (χ0) is 15.5. The molecule has 0 fully saturated rings. The first kappa shape index (κ1) is 15.5. The number of benzene rings is 1. The van der Waals surface area contributed by atoms with Crippen molar-refractivity contribution in [3.8, 4) is 0 Å². The Bertz CT molecular complexity index is 686. The van der Waals surface area contributed by atoms with Crippen LogP contribution < -0.4 is 10.0 Å². The molecule has 1 aromatic heterocycles. The second-order valence-electron chi connectivity index (χ2n) is 4.74. The maximum Gasteiger partial charge on any atom is 0.267 e. The van der Waals surface area contributed by atoms with Crippen LogP contribution in [0.1, 0.15) is 23.9 Å². The number of nitrogens with one attached hydrogen (secondary N) is 2. The number of hydrogen-bond acceptors (Lipinski definition) is 5. The molecule has 0 saturated heterocycles. The fourth-order valence-corrected chi connectivity index (χ4v) is 3.41. The summed E-state index contributed by atoms with van der Waals surface area (Å²) in [6.07, 6.45) is 0. The van der Waals surface area contributed by atoms with Gasteiger partial charge in [0.15, 0.2) is 10.7 Å². The molecule has 7 heteroatoms. The Morgan fingerprint density at radius 2 is 1.86 bits per heavy atom. The molecular weight excluding hydrogens is 290 g/mol. The molecule has 114 valence electrons. The fourth-order valence-electron chi connectivity index (χ4n) is 2.02. The second-order valence-corrected chi connectivity index (χ2v) is 6.36. The minimum atomic E-state index is -3.68. The highest BCUT2D eigenvalue weighted by molar-refractivity contribution is 7.92. The lowest BCUT2D eigenvalue weighted by molar-refractivity contribution is 0.390. The first-order chi connectivity index (χ1) is 9.94. The molecule has 0 spiro atoms. The van der Waals surface area contributed by atoms with Crippen molar-refractivity contribution in [2.24, 2.45) is 0 Å². The Kier molecular flexibility index (Phi) is 4.64. The quantitative estimate of drug-likeness (QED) is 0.854. The van der Waals surface area contributed by atoms with Gasteiger partial charge in [0.25, 0.3) is 10.0 Å². The third kappa shape index (κ3) is 3.62. The minimum absolute atomic E-state index is 0.0965. The summed E-state index contributed by atoms with van der Waals surface area (Å²) in [5, 5.41) is 6.88. The molecule has 0 saturated carbocycles. The number of aromatic nitrogens is 1. The maximum absolute atomic E-state index is 12.3. The van der Waals surface area contributed by atoms with E-state index in [9.17, 15) is 8.42 Å². The van der Waals surface area contributed by atoms with Crippen LogP contribution in [-0.4, -0.2) is 20.1 Å². The van der Waals surface area contributed by atoms with E-state index in [0.29, 0.717) is 11.4 Å². The van der Waals surface area contributed by atoms with Crippen molar-refractivity contribution in [3.63, 3.8) is 0 Å². The Labute approximate surface area is 124 Å². The van der Waals surface area contributed by atoms with Gasteiger partial charge in [-0.2, -0.15) is 0 Å². The highest BCUT2D eigenvalue weighted by Gasteiger charge is 2.24. The molecule has 0 atom stereocenters. The van der Waals surface area contributed by atoms with Gasteiger partial charge in [-0.05, 0) is 38.1 Å². The minimum Gasteiger partial charge on any atom is -0.360 e. The third-order valence-corrected chi connectivity index (χ3v) is 4.65. The van der Waals surface area contributed by atoms with E-state index >= 15 is 0 Å². The predicted molar refractivity (Wildman–Crippen MR) is 80.6 cm³/mol. The number of aryl methyl sites for hydroxylation is 2. The van der Waals surface area contributed by atoms with Gasteiger partial charge in [0, 0.05) is 12.2 Å². The van der Waals surface area contributed by atoms with Crippen LogP contribution in [0.5, 0.6) is 0 Å². The van der Waals surface area contributed by atoms with Crippen LogP contribution in [0.25, 0.3) is 0 Å². The van der Waals surface area contributed by atoms with Gasteiger partial charge in [-0.15, -0.1) is 0 Å². The van der Waals surface area contributed by atoms with Gasteiger partial charge >= 0.3 is 0 Å². The molecular formula is C14H19N3O3S. The molecule has 0 unspecified atom stereocenters. The lowest BCUT2D eigenvalue weighted by Crippen LogP contribution is -2.15. The van der Waals surface area contributed by atoms with Crippen LogP contribution in [0.3, 0.4) is 0 Å². The van der Waals surface area contributed by atoms with E-state index in [4.69, 9.17) is 4.52 Å². The van der Waals surface area contributed by atoms with Crippen molar-refractivity contribution in [2.75, 3.05) is 11.3 Å². The smallest absolute Gasteiger partial charge is 0.267 e. The van der Waals surface area contributed by atoms with Crippen LogP contribution >= 0.6 is 0 Å². The van der Waals surface area contributed by atoms with Crippen molar-refractivity contribution >= 4 is 15.7 Å². The lowest BCUT2D eigenvalue weighted by Gasteiger charge is -2.08. The van der Waals surface area contributed by atoms with E-state index in [2.05, 4.69) is 15.2 Å². The molecule has 2 rings (SSSR count). The molecule has 2 N–H and O–H groups in total. The number of sulfonamides is 1. The molecule has 1 aromatic carbocycles. The molecule has 0 radical (unpaired) electrons. The van der Waals surface area contributed by atoms with E-state index in [1.54, 1.807) is 26.0 Å². The predicted octanol–water partition coefficient (Wildman–Crippen LogP) is 2.20. The monoisotopic (exact) mass is 309 g/mol. The molecule has 0 aliphatic carbocycles. The summed E-state index contributed by atoms with van der Waals surface area (Å²) in [5.41, 5.74) is 1.95. The standard InChI is InChI=1S/C14H19N3O3S/c1-4-15-9-12-5-7-13(8-6-12)17-21(18,19)14-10(2)16-20-11(14)3/h5-8,15,17H,4,9H2,1-3H3. The van der Waals surface area contributed by atoms with Crippen molar-refractivity contribution < 1.29 is 12.9 Å². The maximum atomic E-state index is 12.3. The Morgan fingerprint density at radius 3 is 2.38 bits per heavy atom. The second kappa shape index (κ2) is 6.28. The summed E-state index contributed by atoms with van der Waals surface area (Å²) in [4.78, 5) is 0.0965. The first-order valence-electron chi connectivity index (χ1n) is 6.69. The average molecular weight is 309 g/mol. The lowest BCUT2D eigenvalue weighted by atomic mass is 10.2. The molecule has 6 nitrogen and oxygen atoms in total. The Hall–Kier alpha value is -1.86. The van der Waals surface area contributed by atoms with Crippen molar-refractivity contribution in [1.29, 1.82) is 0 Å². The van der Waals surface area contributed by atoms with E-state index in [1.807, 2.05) is 19.1 Å². The van der Waals surface area contributed by atoms with Crippen LogP contribution in [-0.2, 0) is 16.6 Å². The van der Waals surface area contributed by atoms with Gasteiger partial charge in [0.05, 0.1) is 0 Å². The number of hydrogen-bond donors (Lipinski definition) is 2. The van der Waals surface area contributed by atoms with E-state index in [1.165, 1.54) is 0 Å². The summed E-state index contributed by atoms with van der Waals surface area (Å²) in [6, 6.07) is 7.24. The Balaban J connectivity index is 2.17. The fraction of sp³-hybridized carbons (Fsp3) is 0.357. The highest BCUT2D eigenvalue weighted by atomic mass is 32.2. The summed E-state index contributed by atoms with van der Waals surface area (Å²) >= 11 is 0. The molecule has 21 heavy (non-hydrogen) atoms. The molecule has 2 aromatic rings. The van der Waals surface area contributed by atoms with Gasteiger partial charge < -0.3 is 9.84 Å². The van der Waals surface area contributed by atoms with Gasteiger partial charge in [-0.25, -0.2) is 8.42 Å². The molecule has 0 bridgehead atoms. The molecule has 0 aliphatic rings. The largest absolute Gasteiger partial charge is 0.360 e. The van der Waals surface area contributed by atoms with E-state index in [-0.39, 0.29) is 10.7 Å². The summed E-state index contributed by atoms with van der Waals surface area (Å²) in [6.45, 7) is 6.86. The van der Waals surface area contributed by atoms with Crippen LogP contribution in [0.15, 0.2) is 33.7 Å². The normalized spacial score (nSPS) is 11.6. The van der Waals surface area contributed by atoms with Crippen molar-refractivity contribution in [3.05, 3.63) is 41.3 Å².